The molecule has 7 nitrogen and oxygen atoms in total. The van der Waals surface area contributed by atoms with Crippen molar-refractivity contribution < 1.29 is 4.79 Å². The Bertz CT molecular complexity index is 430. The summed E-state index contributed by atoms with van der Waals surface area (Å²) >= 11 is 0. The largest absolute Gasteiger partial charge is 0.357 e. The molecule has 1 saturated heterocycles. The molecule has 1 saturated carbocycles. The van der Waals surface area contributed by atoms with Crippen LogP contribution in [0.5, 0.6) is 0 Å². The third kappa shape index (κ3) is 9.91. The summed E-state index contributed by atoms with van der Waals surface area (Å²) in [6, 6.07) is 0. The first-order chi connectivity index (χ1) is 12.2. The normalized spacial score (nSPS) is 19.4. The number of nitrogens with one attached hydrogen (secondary N) is 3. The summed E-state index contributed by atoms with van der Waals surface area (Å²) in [5.41, 5.74) is 0. The summed E-state index contributed by atoms with van der Waals surface area (Å²) in [7, 11) is 2.20. The van der Waals surface area contributed by atoms with Crippen LogP contribution in [-0.4, -0.2) is 87.6 Å². The van der Waals surface area contributed by atoms with Crippen molar-refractivity contribution >= 4 is 35.8 Å². The van der Waals surface area contributed by atoms with Gasteiger partial charge in [0.05, 0.1) is 0 Å². The van der Waals surface area contributed by atoms with E-state index in [-0.39, 0.29) is 35.8 Å². The molecule has 2 fully saturated rings. The third-order valence-electron chi connectivity index (χ3n) is 4.72. The number of likely N-dealkylation sites (N-methyl/N-ethyl adjacent to an activating group) is 1. The van der Waals surface area contributed by atoms with Crippen LogP contribution < -0.4 is 16.0 Å². The van der Waals surface area contributed by atoms with Crippen molar-refractivity contribution in [3.8, 4) is 0 Å². The van der Waals surface area contributed by atoms with E-state index in [1.165, 1.54) is 32.6 Å². The number of aliphatic imine (C=N–C) groups is 1. The maximum Gasteiger partial charge on any atom is 0.223 e. The number of nitrogens with zero attached hydrogens (tertiary/aromatic N) is 3. The lowest BCUT2D eigenvalue weighted by atomic mass is 10.3. The van der Waals surface area contributed by atoms with Gasteiger partial charge >= 0.3 is 0 Å². The summed E-state index contributed by atoms with van der Waals surface area (Å²) in [6.45, 7) is 11.0. The van der Waals surface area contributed by atoms with Gasteiger partial charge in [-0.05, 0) is 59.3 Å². The van der Waals surface area contributed by atoms with E-state index < -0.39 is 0 Å². The van der Waals surface area contributed by atoms with Gasteiger partial charge in [0.25, 0.3) is 0 Å². The molecular formula is C18H37IN6O. The number of hydrogen-bond acceptors (Lipinski definition) is 4. The molecule has 1 amide bonds. The Morgan fingerprint density at radius 1 is 1.08 bits per heavy atom. The van der Waals surface area contributed by atoms with Crippen molar-refractivity contribution in [2.75, 3.05) is 66.0 Å². The van der Waals surface area contributed by atoms with Gasteiger partial charge in [0.15, 0.2) is 5.96 Å². The van der Waals surface area contributed by atoms with Crippen LogP contribution in [0.4, 0.5) is 0 Å². The Morgan fingerprint density at radius 2 is 1.85 bits per heavy atom. The van der Waals surface area contributed by atoms with Crippen LogP contribution in [0.15, 0.2) is 4.99 Å². The zero-order valence-corrected chi connectivity index (χ0v) is 18.8. The SMILES string of the molecule is CCNC(=NCCCN1CCCN(C)CC1)NCCNC(=O)C1CC1.I. The number of halogens is 1. The fourth-order valence-electron chi connectivity index (χ4n) is 3.01. The average molecular weight is 480 g/mol. The van der Waals surface area contributed by atoms with Gasteiger partial charge in [-0.2, -0.15) is 0 Å². The molecule has 1 aliphatic heterocycles. The minimum absolute atomic E-state index is 0. The summed E-state index contributed by atoms with van der Waals surface area (Å²) in [5, 5.41) is 9.53. The molecule has 0 atom stereocenters. The molecule has 26 heavy (non-hydrogen) atoms. The Balaban J connectivity index is 0.00000338. The summed E-state index contributed by atoms with van der Waals surface area (Å²) < 4.78 is 0. The first kappa shape index (κ1) is 23.4. The highest BCUT2D eigenvalue weighted by atomic mass is 127. The molecule has 0 aromatic carbocycles. The zero-order chi connectivity index (χ0) is 17.9. The molecular weight excluding hydrogens is 443 g/mol. The number of carbonyl (C=O) groups excluding carboxylic acids is 1. The van der Waals surface area contributed by atoms with Crippen molar-refractivity contribution in [3.05, 3.63) is 0 Å². The van der Waals surface area contributed by atoms with E-state index in [9.17, 15) is 4.79 Å². The minimum atomic E-state index is 0. The molecule has 3 N–H and O–H groups in total. The van der Waals surface area contributed by atoms with Gasteiger partial charge in [-0.15, -0.1) is 24.0 Å². The van der Waals surface area contributed by atoms with E-state index in [1.54, 1.807) is 0 Å². The lowest BCUT2D eigenvalue weighted by molar-refractivity contribution is -0.122. The smallest absolute Gasteiger partial charge is 0.223 e. The number of rotatable bonds is 9. The summed E-state index contributed by atoms with van der Waals surface area (Å²) in [4.78, 5) is 21.2. The molecule has 1 heterocycles. The topological polar surface area (TPSA) is 72.0 Å². The van der Waals surface area contributed by atoms with Crippen LogP contribution in [0.1, 0.15) is 32.6 Å². The highest BCUT2D eigenvalue weighted by Gasteiger charge is 2.28. The predicted octanol–water partition coefficient (Wildman–Crippen LogP) is 0.713. The van der Waals surface area contributed by atoms with Gasteiger partial charge in [-0.3, -0.25) is 9.79 Å². The molecule has 0 bridgehead atoms. The van der Waals surface area contributed by atoms with Crippen molar-refractivity contribution in [2.24, 2.45) is 10.9 Å². The first-order valence-corrected chi connectivity index (χ1v) is 9.90. The molecule has 0 aromatic rings. The highest BCUT2D eigenvalue weighted by Crippen LogP contribution is 2.28. The molecule has 0 spiro atoms. The van der Waals surface area contributed by atoms with E-state index in [0.717, 1.165) is 44.9 Å². The lowest BCUT2D eigenvalue weighted by Crippen LogP contribution is -2.42. The quantitative estimate of drug-likeness (QED) is 0.196. The van der Waals surface area contributed by atoms with Gasteiger partial charge in [-0.25, -0.2) is 0 Å². The predicted molar refractivity (Wildman–Crippen MR) is 118 cm³/mol. The second-order valence-corrected chi connectivity index (χ2v) is 7.10. The second-order valence-electron chi connectivity index (χ2n) is 7.10. The number of guanidine groups is 1. The monoisotopic (exact) mass is 480 g/mol. The molecule has 8 heteroatoms. The summed E-state index contributed by atoms with van der Waals surface area (Å²) in [5.74, 6) is 1.33. The molecule has 0 unspecified atom stereocenters. The zero-order valence-electron chi connectivity index (χ0n) is 16.4. The van der Waals surface area contributed by atoms with E-state index in [0.29, 0.717) is 13.1 Å². The maximum atomic E-state index is 11.6. The summed E-state index contributed by atoms with van der Waals surface area (Å²) in [6.07, 6.45) is 4.45. The van der Waals surface area contributed by atoms with Crippen LogP contribution in [-0.2, 0) is 4.79 Å². The fourth-order valence-corrected chi connectivity index (χ4v) is 3.01. The maximum absolute atomic E-state index is 11.6. The fraction of sp³-hybridized carbons (Fsp3) is 0.889. The van der Waals surface area contributed by atoms with E-state index >= 15 is 0 Å². The number of hydrogen-bond donors (Lipinski definition) is 3. The highest BCUT2D eigenvalue weighted by molar-refractivity contribution is 14.0. The average Bonchev–Trinajstić information content (AvgIpc) is 3.44. The van der Waals surface area contributed by atoms with Gasteiger partial charge in [0.1, 0.15) is 0 Å². The van der Waals surface area contributed by atoms with Crippen LogP contribution in [0, 0.1) is 5.92 Å². The second kappa shape index (κ2) is 13.5. The number of carbonyl (C=O) groups is 1. The van der Waals surface area contributed by atoms with Crippen molar-refractivity contribution in [2.45, 2.75) is 32.6 Å². The lowest BCUT2D eigenvalue weighted by Gasteiger charge is -2.19. The standard InChI is InChI=1S/C18H36N6O.HI/c1-3-19-18(22-10-9-20-17(25)16-6-7-16)21-8-4-12-24-13-5-11-23(2)14-15-24;/h16H,3-15H2,1-2H3,(H,20,25)(H2,19,21,22);1H. The van der Waals surface area contributed by atoms with E-state index in [4.69, 9.17) is 0 Å². The van der Waals surface area contributed by atoms with Crippen molar-refractivity contribution in [1.82, 2.24) is 25.8 Å². The Kier molecular flexibility index (Phi) is 12.2. The van der Waals surface area contributed by atoms with Gasteiger partial charge < -0.3 is 25.8 Å². The molecule has 152 valence electrons. The van der Waals surface area contributed by atoms with Crippen LogP contribution in [0.25, 0.3) is 0 Å². The molecule has 0 aromatic heterocycles. The van der Waals surface area contributed by atoms with Crippen LogP contribution in [0.2, 0.25) is 0 Å². The van der Waals surface area contributed by atoms with Gasteiger partial charge in [0, 0.05) is 45.2 Å². The molecule has 2 aliphatic rings. The van der Waals surface area contributed by atoms with Crippen molar-refractivity contribution in [3.63, 3.8) is 0 Å². The van der Waals surface area contributed by atoms with Crippen molar-refractivity contribution in [1.29, 1.82) is 0 Å². The molecule has 2 rings (SSSR count). The minimum Gasteiger partial charge on any atom is -0.357 e. The molecule has 0 radical (unpaired) electrons. The number of amides is 1. The first-order valence-electron chi connectivity index (χ1n) is 9.90. The Morgan fingerprint density at radius 3 is 2.58 bits per heavy atom. The van der Waals surface area contributed by atoms with Crippen LogP contribution >= 0.6 is 24.0 Å². The van der Waals surface area contributed by atoms with E-state index in [1.807, 2.05) is 0 Å². The molecule has 1 aliphatic carbocycles. The van der Waals surface area contributed by atoms with Crippen LogP contribution in [0.3, 0.4) is 0 Å². The Labute approximate surface area is 175 Å². The van der Waals surface area contributed by atoms with E-state index in [2.05, 4.69) is 44.7 Å². The Hall–Kier alpha value is -0.610. The third-order valence-corrected chi connectivity index (χ3v) is 4.72. The van der Waals surface area contributed by atoms with Gasteiger partial charge in [-0.1, -0.05) is 0 Å². The van der Waals surface area contributed by atoms with Gasteiger partial charge in [0.2, 0.25) is 5.91 Å².